The van der Waals surface area contributed by atoms with Crippen LogP contribution < -0.4 is 4.72 Å². The monoisotopic (exact) mass is 325 g/mol. The Balaban J connectivity index is 2.15. The quantitative estimate of drug-likeness (QED) is 0.687. The van der Waals surface area contributed by atoms with Crippen LogP contribution in [0.1, 0.15) is 12.8 Å². The van der Waals surface area contributed by atoms with Crippen molar-refractivity contribution >= 4 is 16.0 Å². The maximum atomic E-state index is 12.2. The molecule has 0 saturated heterocycles. The second-order valence-electron chi connectivity index (χ2n) is 4.55. The summed E-state index contributed by atoms with van der Waals surface area (Å²) < 4.78 is 28.1. The number of tetrazole rings is 1. The van der Waals surface area contributed by atoms with Crippen molar-refractivity contribution in [3.63, 3.8) is 0 Å². The van der Waals surface area contributed by atoms with E-state index in [-0.39, 0.29) is 24.3 Å². The van der Waals surface area contributed by atoms with Gasteiger partial charge >= 0.3 is 5.97 Å². The first-order chi connectivity index (χ1) is 10.4. The predicted molar refractivity (Wildman–Crippen MR) is 76.3 cm³/mol. The van der Waals surface area contributed by atoms with Gasteiger partial charge in [-0.05, 0) is 29.0 Å². The maximum absolute atomic E-state index is 12.2. The number of nitrogens with one attached hydrogen (secondary N) is 1. The molecule has 0 fully saturated rings. The van der Waals surface area contributed by atoms with Gasteiger partial charge in [-0.3, -0.25) is 4.79 Å². The van der Waals surface area contributed by atoms with Gasteiger partial charge in [-0.25, -0.2) is 17.8 Å². The third kappa shape index (κ3) is 3.86. The summed E-state index contributed by atoms with van der Waals surface area (Å²) in [5.41, 5.74) is 0.570. The number of rotatable bonds is 7. The molecular weight excluding hydrogens is 310 g/mol. The van der Waals surface area contributed by atoms with E-state index >= 15 is 0 Å². The summed E-state index contributed by atoms with van der Waals surface area (Å²) in [4.78, 5) is 10.5. The van der Waals surface area contributed by atoms with E-state index in [1.54, 1.807) is 19.2 Å². The van der Waals surface area contributed by atoms with Crippen LogP contribution in [0, 0.1) is 0 Å². The average Bonchev–Trinajstić information content (AvgIpc) is 2.90. The Bertz CT molecular complexity index is 771. The minimum Gasteiger partial charge on any atom is -0.481 e. The number of benzene rings is 1. The summed E-state index contributed by atoms with van der Waals surface area (Å²) in [7, 11) is -2.05. The van der Waals surface area contributed by atoms with Crippen LogP contribution in [0.5, 0.6) is 0 Å². The molecule has 2 aromatic rings. The fourth-order valence-electron chi connectivity index (χ4n) is 1.81. The van der Waals surface area contributed by atoms with Crippen molar-refractivity contribution in [2.75, 3.05) is 6.54 Å². The Morgan fingerprint density at radius 3 is 2.82 bits per heavy atom. The lowest BCUT2D eigenvalue weighted by molar-refractivity contribution is -0.137. The van der Waals surface area contributed by atoms with Crippen molar-refractivity contribution in [2.24, 2.45) is 7.05 Å². The van der Waals surface area contributed by atoms with Crippen LogP contribution in [0.4, 0.5) is 0 Å². The van der Waals surface area contributed by atoms with Crippen molar-refractivity contribution in [3.8, 4) is 11.4 Å². The van der Waals surface area contributed by atoms with E-state index in [4.69, 9.17) is 5.11 Å². The second-order valence-corrected chi connectivity index (χ2v) is 6.32. The Hall–Kier alpha value is -2.33. The van der Waals surface area contributed by atoms with E-state index in [0.717, 1.165) is 0 Å². The predicted octanol–water partition coefficient (Wildman–Crippen LogP) is 0.0202. The van der Waals surface area contributed by atoms with E-state index in [2.05, 4.69) is 20.2 Å². The normalized spacial score (nSPS) is 11.5. The SMILES string of the molecule is Cn1nnnc1-c1cccc(S(=O)(=O)NCCCC(=O)O)c1. The molecule has 0 saturated carbocycles. The summed E-state index contributed by atoms with van der Waals surface area (Å²) >= 11 is 0. The van der Waals surface area contributed by atoms with Gasteiger partial charge < -0.3 is 5.11 Å². The number of carboxylic acid groups (broad SMARTS) is 1. The van der Waals surface area contributed by atoms with E-state index < -0.39 is 16.0 Å². The van der Waals surface area contributed by atoms with Crippen molar-refractivity contribution in [1.82, 2.24) is 24.9 Å². The van der Waals surface area contributed by atoms with E-state index in [0.29, 0.717) is 11.4 Å². The zero-order chi connectivity index (χ0) is 16.2. The first-order valence-corrected chi connectivity index (χ1v) is 7.93. The van der Waals surface area contributed by atoms with Crippen molar-refractivity contribution in [1.29, 1.82) is 0 Å². The highest BCUT2D eigenvalue weighted by molar-refractivity contribution is 7.89. The lowest BCUT2D eigenvalue weighted by atomic mass is 10.2. The van der Waals surface area contributed by atoms with Crippen LogP contribution in [0.2, 0.25) is 0 Å². The number of aryl methyl sites for hydroxylation is 1. The lowest BCUT2D eigenvalue weighted by Gasteiger charge is -2.07. The lowest BCUT2D eigenvalue weighted by Crippen LogP contribution is -2.25. The molecule has 1 aromatic carbocycles. The summed E-state index contributed by atoms with van der Waals surface area (Å²) in [5.74, 6) is -0.515. The topological polar surface area (TPSA) is 127 Å². The van der Waals surface area contributed by atoms with E-state index in [1.165, 1.54) is 16.8 Å². The first kappa shape index (κ1) is 16.0. The first-order valence-electron chi connectivity index (χ1n) is 6.44. The number of nitrogens with zero attached hydrogens (tertiary/aromatic N) is 4. The number of hydrogen-bond donors (Lipinski definition) is 2. The number of carbonyl (C=O) groups is 1. The number of carboxylic acids is 1. The fourth-order valence-corrected chi connectivity index (χ4v) is 2.93. The van der Waals surface area contributed by atoms with Crippen LogP contribution in [0.15, 0.2) is 29.2 Å². The molecule has 2 rings (SSSR count). The zero-order valence-electron chi connectivity index (χ0n) is 11.8. The molecule has 0 unspecified atom stereocenters. The molecule has 0 aliphatic heterocycles. The minimum atomic E-state index is -3.71. The molecule has 0 atom stereocenters. The highest BCUT2D eigenvalue weighted by Crippen LogP contribution is 2.19. The summed E-state index contributed by atoms with van der Waals surface area (Å²) in [5, 5.41) is 19.6. The average molecular weight is 325 g/mol. The number of aromatic nitrogens is 4. The largest absolute Gasteiger partial charge is 0.481 e. The van der Waals surface area contributed by atoms with Crippen LogP contribution >= 0.6 is 0 Å². The van der Waals surface area contributed by atoms with Gasteiger partial charge in [0.1, 0.15) is 0 Å². The molecule has 0 amide bonds. The van der Waals surface area contributed by atoms with Gasteiger partial charge in [-0.1, -0.05) is 12.1 Å². The highest BCUT2D eigenvalue weighted by atomic mass is 32.2. The van der Waals surface area contributed by atoms with Gasteiger partial charge in [0.2, 0.25) is 10.0 Å². The molecule has 2 N–H and O–H groups in total. The number of aliphatic carboxylic acids is 1. The summed E-state index contributed by atoms with van der Waals surface area (Å²) in [6.45, 7) is 0.0599. The van der Waals surface area contributed by atoms with Crippen molar-refractivity contribution < 1.29 is 18.3 Å². The van der Waals surface area contributed by atoms with Gasteiger partial charge in [-0.15, -0.1) is 5.10 Å². The van der Waals surface area contributed by atoms with Gasteiger partial charge in [-0.2, -0.15) is 0 Å². The smallest absolute Gasteiger partial charge is 0.303 e. The Morgan fingerprint density at radius 1 is 1.41 bits per heavy atom. The molecule has 0 spiro atoms. The molecule has 1 heterocycles. The standard InChI is InChI=1S/C12H15N5O4S/c1-17-12(14-15-16-17)9-4-2-5-10(8-9)22(20,21)13-7-3-6-11(18)19/h2,4-5,8,13H,3,6-7H2,1H3,(H,18,19). The molecule has 0 bridgehead atoms. The van der Waals surface area contributed by atoms with Crippen molar-refractivity contribution in [3.05, 3.63) is 24.3 Å². The van der Waals surface area contributed by atoms with Gasteiger partial charge in [0.05, 0.1) is 4.90 Å². The molecule has 22 heavy (non-hydrogen) atoms. The number of sulfonamides is 1. The molecule has 0 radical (unpaired) electrons. The maximum Gasteiger partial charge on any atom is 0.303 e. The van der Waals surface area contributed by atoms with Crippen LogP contribution in [-0.2, 0) is 21.9 Å². The van der Waals surface area contributed by atoms with Gasteiger partial charge in [0, 0.05) is 25.6 Å². The summed E-state index contributed by atoms with van der Waals surface area (Å²) in [6, 6.07) is 6.21. The third-order valence-corrected chi connectivity index (χ3v) is 4.34. The zero-order valence-corrected chi connectivity index (χ0v) is 12.6. The minimum absolute atomic E-state index is 0.0599. The van der Waals surface area contributed by atoms with E-state index in [9.17, 15) is 13.2 Å². The van der Waals surface area contributed by atoms with Crippen LogP contribution in [0.25, 0.3) is 11.4 Å². The molecule has 118 valence electrons. The molecule has 0 aliphatic carbocycles. The molecule has 9 nitrogen and oxygen atoms in total. The molecule has 10 heteroatoms. The molecule has 0 aliphatic rings. The summed E-state index contributed by atoms with van der Waals surface area (Å²) in [6.07, 6.45) is 0.134. The molecular formula is C12H15N5O4S. The Morgan fingerprint density at radius 2 is 2.18 bits per heavy atom. The van der Waals surface area contributed by atoms with Gasteiger partial charge in [0.15, 0.2) is 5.82 Å². The Kier molecular flexibility index (Phi) is 4.83. The third-order valence-electron chi connectivity index (χ3n) is 2.88. The van der Waals surface area contributed by atoms with E-state index in [1.807, 2.05) is 0 Å². The second kappa shape index (κ2) is 6.62. The highest BCUT2D eigenvalue weighted by Gasteiger charge is 2.16. The Labute approximate surface area is 127 Å². The van der Waals surface area contributed by atoms with Crippen molar-refractivity contribution in [2.45, 2.75) is 17.7 Å². The van der Waals surface area contributed by atoms with Crippen LogP contribution in [-0.4, -0.2) is 46.2 Å². The number of hydrogen-bond acceptors (Lipinski definition) is 6. The van der Waals surface area contributed by atoms with Gasteiger partial charge in [0.25, 0.3) is 0 Å². The fraction of sp³-hybridized carbons (Fsp3) is 0.333. The van der Waals surface area contributed by atoms with Crippen LogP contribution in [0.3, 0.4) is 0 Å². The molecule has 1 aromatic heterocycles.